The Morgan fingerprint density at radius 2 is 1.43 bits per heavy atom. The van der Waals surface area contributed by atoms with Crippen molar-refractivity contribution in [2.75, 3.05) is 11.9 Å². The van der Waals surface area contributed by atoms with Crippen molar-refractivity contribution in [1.29, 1.82) is 0 Å². The maximum Gasteiger partial charge on any atom is 0.340 e. The molecule has 0 spiro atoms. The summed E-state index contributed by atoms with van der Waals surface area (Å²) >= 11 is 5.83. The minimum absolute atomic E-state index is 0.158. The van der Waals surface area contributed by atoms with Crippen LogP contribution in [0.25, 0.3) is 0 Å². The van der Waals surface area contributed by atoms with Gasteiger partial charge in [-0.3, -0.25) is 9.59 Å². The molecule has 3 aromatic carbocycles. The molecule has 0 unspecified atom stereocenters. The van der Waals surface area contributed by atoms with Crippen LogP contribution in [-0.4, -0.2) is 24.3 Å². The van der Waals surface area contributed by atoms with Crippen molar-refractivity contribution in [3.05, 3.63) is 101 Å². The van der Waals surface area contributed by atoms with Gasteiger partial charge in [0.25, 0.3) is 5.91 Å². The van der Waals surface area contributed by atoms with Crippen molar-refractivity contribution in [3.63, 3.8) is 0 Å². The third-order valence-electron chi connectivity index (χ3n) is 3.93. The smallest absolute Gasteiger partial charge is 0.340 e. The van der Waals surface area contributed by atoms with Crippen LogP contribution in [0.2, 0.25) is 5.02 Å². The van der Waals surface area contributed by atoms with E-state index in [9.17, 15) is 14.4 Å². The van der Waals surface area contributed by atoms with Gasteiger partial charge in [-0.2, -0.15) is 0 Å². The summed E-state index contributed by atoms with van der Waals surface area (Å²) in [5, 5.41) is 3.20. The first-order chi connectivity index (χ1) is 13.5. The number of rotatable bonds is 6. The number of halogens is 1. The molecule has 140 valence electrons. The van der Waals surface area contributed by atoms with Crippen molar-refractivity contribution in [2.45, 2.75) is 0 Å². The van der Waals surface area contributed by atoms with Crippen LogP contribution >= 0.6 is 11.6 Å². The van der Waals surface area contributed by atoms with Gasteiger partial charge in [0.1, 0.15) is 0 Å². The first-order valence-corrected chi connectivity index (χ1v) is 8.84. The molecule has 0 aliphatic carbocycles. The highest BCUT2D eigenvalue weighted by Crippen LogP contribution is 2.18. The third kappa shape index (κ3) is 4.84. The maximum absolute atomic E-state index is 12.4. The topological polar surface area (TPSA) is 72.5 Å². The lowest BCUT2D eigenvalue weighted by molar-refractivity contribution is 0.0475. The van der Waals surface area contributed by atoms with Gasteiger partial charge >= 0.3 is 5.97 Å². The second-order valence-corrected chi connectivity index (χ2v) is 6.31. The molecule has 5 nitrogen and oxygen atoms in total. The van der Waals surface area contributed by atoms with Crippen LogP contribution in [0.15, 0.2) is 78.9 Å². The number of carbonyl (C=O) groups excluding carboxylic acids is 3. The molecular formula is C22H16ClNO4. The predicted octanol–water partition coefficient (Wildman–Crippen LogP) is 4.63. The van der Waals surface area contributed by atoms with Crippen LogP contribution < -0.4 is 5.32 Å². The molecule has 3 rings (SSSR count). The first kappa shape index (κ1) is 19.3. The monoisotopic (exact) mass is 393 g/mol. The van der Waals surface area contributed by atoms with Gasteiger partial charge in [0.2, 0.25) is 0 Å². The zero-order chi connectivity index (χ0) is 19.9. The largest absolute Gasteiger partial charge is 0.454 e. The van der Waals surface area contributed by atoms with E-state index in [1.54, 1.807) is 72.8 Å². The minimum atomic E-state index is -0.698. The lowest BCUT2D eigenvalue weighted by atomic mass is 10.1. The van der Waals surface area contributed by atoms with E-state index in [0.717, 1.165) is 0 Å². The Labute approximate surface area is 166 Å². The van der Waals surface area contributed by atoms with Gasteiger partial charge in [-0.05, 0) is 36.4 Å². The lowest BCUT2D eigenvalue weighted by Crippen LogP contribution is -2.18. The van der Waals surface area contributed by atoms with Crippen molar-refractivity contribution < 1.29 is 19.1 Å². The van der Waals surface area contributed by atoms with Crippen LogP contribution in [0.3, 0.4) is 0 Å². The normalized spacial score (nSPS) is 10.2. The molecule has 0 radical (unpaired) electrons. The van der Waals surface area contributed by atoms with Crippen LogP contribution in [0.4, 0.5) is 5.69 Å². The number of nitrogens with one attached hydrogen (secondary N) is 1. The maximum atomic E-state index is 12.4. The summed E-state index contributed by atoms with van der Waals surface area (Å²) in [7, 11) is 0. The molecule has 0 aliphatic heterocycles. The average Bonchev–Trinajstić information content (AvgIpc) is 2.73. The average molecular weight is 394 g/mol. The molecule has 3 aromatic rings. The van der Waals surface area contributed by atoms with Crippen molar-refractivity contribution >= 4 is 34.9 Å². The van der Waals surface area contributed by atoms with E-state index in [1.807, 2.05) is 0 Å². The first-order valence-electron chi connectivity index (χ1n) is 8.46. The lowest BCUT2D eigenvalue weighted by Gasteiger charge is -2.11. The summed E-state index contributed by atoms with van der Waals surface area (Å²) in [6, 6.07) is 21.4. The number of Topliss-reactive ketones (excluding diaryl/α,β-unsaturated/α-hetero) is 1. The number of hydrogen-bond donors (Lipinski definition) is 1. The Bertz CT molecular complexity index is 1000. The van der Waals surface area contributed by atoms with Gasteiger partial charge in [-0.25, -0.2) is 4.79 Å². The molecule has 0 atom stereocenters. The van der Waals surface area contributed by atoms with E-state index < -0.39 is 11.9 Å². The molecule has 1 amide bonds. The molecular weight excluding hydrogens is 378 g/mol. The number of ether oxygens (including phenoxy) is 1. The van der Waals surface area contributed by atoms with Gasteiger partial charge in [-0.15, -0.1) is 0 Å². The number of para-hydroxylation sites is 1. The van der Waals surface area contributed by atoms with E-state index in [1.165, 1.54) is 6.07 Å². The fraction of sp³-hybridized carbons (Fsp3) is 0.0455. The highest BCUT2D eigenvalue weighted by atomic mass is 35.5. The van der Waals surface area contributed by atoms with Gasteiger partial charge in [0.15, 0.2) is 12.4 Å². The van der Waals surface area contributed by atoms with Gasteiger partial charge in [0.05, 0.1) is 11.3 Å². The second kappa shape index (κ2) is 8.97. The highest BCUT2D eigenvalue weighted by molar-refractivity contribution is 6.30. The molecule has 28 heavy (non-hydrogen) atoms. The SMILES string of the molecule is O=C(COC(=O)c1ccccc1NC(=O)c1ccc(Cl)cc1)c1ccccc1. The fourth-order valence-electron chi connectivity index (χ4n) is 2.48. The van der Waals surface area contributed by atoms with Crippen molar-refractivity contribution in [2.24, 2.45) is 0 Å². The predicted molar refractivity (Wildman–Crippen MR) is 107 cm³/mol. The number of ketones is 1. The second-order valence-electron chi connectivity index (χ2n) is 5.87. The number of amides is 1. The molecule has 1 N–H and O–H groups in total. The Hall–Kier alpha value is -3.44. The van der Waals surface area contributed by atoms with Gasteiger partial charge < -0.3 is 10.1 Å². The standard InChI is InChI=1S/C22H16ClNO4/c23-17-12-10-16(11-13-17)21(26)24-19-9-5-4-8-18(19)22(27)28-14-20(25)15-6-2-1-3-7-15/h1-13H,14H2,(H,24,26). The summed E-state index contributed by atoms with van der Waals surface area (Å²) in [4.78, 5) is 36.9. The molecule has 0 heterocycles. The van der Waals surface area contributed by atoms with E-state index in [2.05, 4.69) is 5.32 Å². The van der Waals surface area contributed by atoms with E-state index in [0.29, 0.717) is 21.8 Å². The van der Waals surface area contributed by atoms with Gasteiger partial charge in [-0.1, -0.05) is 54.1 Å². The molecule has 0 bridgehead atoms. The Kier molecular flexibility index (Phi) is 6.19. The van der Waals surface area contributed by atoms with Crippen LogP contribution in [-0.2, 0) is 4.74 Å². The zero-order valence-corrected chi connectivity index (χ0v) is 15.5. The number of hydrogen-bond acceptors (Lipinski definition) is 4. The Balaban J connectivity index is 1.69. The van der Waals surface area contributed by atoms with E-state index in [4.69, 9.17) is 16.3 Å². The van der Waals surface area contributed by atoms with Crippen LogP contribution in [0, 0.1) is 0 Å². The minimum Gasteiger partial charge on any atom is -0.454 e. The molecule has 0 fully saturated rings. The number of anilines is 1. The molecule has 6 heteroatoms. The summed E-state index contributed by atoms with van der Waals surface area (Å²) in [6.07, 6.45) is 0. The summed E-state index contributed by atoms with van der Waals surface area (Å²) in [5.74, 6) is -1.40. The van der Waals surface area contributed by atoms with Crippen molar-refractivity contribution in [3.8, 4) is 0 Å². The number of benzene rings is 3. The van der Waals surface area contributed by atoms with Gasteiger partial charge in [0, 0.05) is 16.1 Å². The summed E-state index contributed by atoms with van der Waals surface area (Å²) < 4.78 is 5.13. The highest BCUT2D eigenvalue weighted by Gasteiger charge is 2.17. The van der Waals surface area contributed by atoms with E-state index in [-0.39, 0.29) is 18.0 Å². The quantitative estimate of drug-likeness (QED) is 0.489. The number of esters is 1. The third-order valence-corrected chi connectivity index (χ3v) is 4.18. The van der Waals surface area contributed by atoms with Crippen molar-refractivity contribution in [1.82, 2.24) is 0 Å². The van der Waals surface area contributed by atoms with Crippen LogP contribution in [0.5, 0.6) is 0 Å². The van der Waals surface area contributed by atoms with E-state index >= 15 is 0 Å². The Morgan fingerprint density at radius 1 is 0.786 bits per heavy atom. The fourth-order valence-corrected chi connectivity index (χ4v) is 2.61. The van der Waals surface area contributed by atoms with Crippen LogP contribution in [0.1, 0.15) is 31.1 Å². The summed E-state index contributed by atoms with van der Waals surface area (Å²) in [5.41, 5.74) is 1.30. The molecule has 0 aromatic heterocycles. The zero-order valence-electron chi connectivity index (χ0n) is 14.7. The number of carbonyl (C=O) groups is 3. The molecule has 0 saturated carbocycles. The molecule has 0 saturated heterocycles. The Morgan fingerprint density at radius 3 is 2.14 bits per heavy atom. The summed E-state index contributed by atoms with van der Waals surface area (Å²) in [6.45, 7) is -0.387. The molecule has 0 aliphatic rings.